The average molecular weight is 216 g/mol. The van der Waals surface area contributed by atoms with Crippen LogP contribution in [0.1, 0.15) is 0 Å². The summed E-state index contributed by atoms with van der Waals surface area (Å²) >= 11 is 0. The second kappa shape index (κ2) is 4.16. The van der Waals surface area contributed by atoms with Gasteiger partial charge in [-0.05, 0) is 12.1 Å². The van der Waals surface area contributed by atoms with Crippen molar-refractivity contribution in [1.82, 2.24) is 4.72 Å². The van der Waals surface area contributed by atoms with E-state index in [9.17, 15) is 18.5 Å². The van der Waals surface area contributed by atoms with Crippen LogP contribution in [-0.4, -0.2) is 20.0 Å². The first kappa shape index (κ1) is 10.6. The molecule has 6 nitrogen and oxygen atoms in total. The topological polar surface area (TPSA) is 89.3 Å². The highest BCUT2D eigenvalue weighted by Gasteiger charge is 2.14. The van der Waals surface area contributed by atoms with Gasteiger partial charge in [0.15, 0.2) is 0 Å². The quantitative estimate of drug-likeness (QED) is 0.442. The van der Waals surface area contributed by atoms with Crippen LogP contribution in [0.5, 0.6) is 0 Å². The Hall–Kier alpha value is -1.47. The molecule has 0 bridgehead atoms. The van der Waals surface area contributed by atoms with Crippen molar-refractivity contribution in [2.75, 3.05) is 6.67 Å². The zero-order valence-electron chi connectivity index (χ0n) is 7.08. The number of nitro groups is 1. The SMILES string of the molecule is O=[N+]([O-])CNS(=O)(=O)c1ccccc1. The Bertz CT molecular complexity index is 415. The van der Waals surface area contributed by atoms with E-state index in [-0.39, 0.29) is 4.90 Å². The van der Waals surface area contributed by atoms with E-state index >= 15 is 0 Å². The minimum atomic E-state index is -3.75. The fourth-order valence-electron chi connectivity index (χ4n) is 0.821. The van der Waals surface area contributed by atoms with Crippen LogP contribution in [0, 0.1) is 10.1 Å². The molecule has 1 aromatic rings. The van der Waals surface area contributed by atoms with Crippen molar-refractivity contribution in [2.45, 2.75) is 4.90 Å². The molecule has 0 amide bonds. The molecule has 1 rings (SSSR count). The minimum absolute atomic E-state index is 0.0156. The van der Waals surface area contributed by atoms with Crippen molar-refractivity contribution in [2.24, 2.45) is 0 Å². The molecule has 0 spiro atoms. The summed E-state index contributed by atoms with van der Waals surface area (Å²) in [6, 6.07) is 7.47. The maximum absolute atomic E-state index is 11.3. The molecule has 0 saturated heterocycles. The Labute approximate surface area is 80.8 Å². The van der Waals surface area contributed by atoms with Gasteiger partial charge in [0.2, 0.25) is 10.0 Å². The van der Waals surface area contributed by atoms with E-state index < -0.39 is 21.6 Å². The lowest BCUT2D eigenvalue weighted by molar-refractivity contribution is -0.481. The van der Waals surface area contributed by atoms with Crippen LogP contribution >= 0.6 is 0 Å². The number of hydrogen-bond acceptors (Lipinski definition) is 4. The van der Waals surface area contributed by atoms with E-state index in [1.807, 2.05) is 4.72 Å². The highest BCUT2D eigenvalue weighted by Crippen LogP contribution is 2.06. The van der Waals surface area contributed by atoms with Crippen molar-refractivity contribution >= 4 is 10.0 Å². The molecular formula is C7H8N2O4S. The largest absolute Gasteiger partial charge is 0.269 e. The number of rotatable bonds is 4. The minimum Gasteiger partial charge on any atom is -0.263 e. The highest BCUT2D eigenvalue weighted by molar-refractivity contribution is 7.89. The normalized spacial score (nSPS) is 11.1. The predicted molar refractivity (Wildman–Crippen MR) is 48.6 cm³/mol. The molecule has 76 valence electrons. The third kappa shape index (κ3) is 2.79. The summed E-state index contributed by atoms with van der Waals surface area (Å²) in [5.41, 5.74) is 0. The molecular weight excluding hydrogens is 208 g/mol. The summed E-state index contributed by atoms with van der Waals surface area (Å²) < 4.78 is 24.5. The summed E-state index contributed by atoms with van der Waals surface area (Å²) in [6.07, 6.45) is 0. The monoisotopic (exact) mass is 216 g/mol. The highest BCUT2D eigenvalue weighted by atomic mass is 32.2. The summed E-state index contributed by atoms with van der Waals surface area (Å²) in [6.45, 7) is -0.808. The molecule has 1 N–H and O–H groups in total. The van der Waals surface area contributed by atoms with Crippen LogP contribution in [0.25, 0.3) is 0 Å². The van der Waals surface area contributed by atoms with Crippen LogP contribution in [0.2, 0.25) is 0 Å². The molecule has 0 atom stereocenters. The van der Waals surface area contributed by atoms with Gasteiger partial charge in [0.05, 0.1) is 4.90 Å². The van der Waals surface area contributed by atoms with Crippen LogP contribution < -0.4 is 4.72 Å². The standard InChI is InChI=1S/C7H8N2O4S/c10-9(11)6-8-14(12,13)7-4-2-1-3-5-7/h1-5,8H,6H2. The second-order valence-electron chi connectivity index (χ2n) is 2.45. The van der Waals surface area contributed by atoms with Gasteiger partial charge in [0, 0.05) is 4.92 Å². The first-order chi connectivity index (χ1) is 6.52. The Morgan fingerprint density at radius 3 is 2.36 bits per heavy atom. The smallest absolute Gasteiger partial charge is 0.263 e. The maximum atomic E-state index is 11.3. The lowest BCUT2D eigenvalue weighted by atomic mass is 10.4. The third-order valence-corrected chi connectivity index (χ3v) is 2.84. The first-order valence-corrected chi connectivity index (χ1v) is 5.17. The van der Waals surface area contributed by atoms with Crippen LogP contribution in [0.3, 0.4) is 0 Å². The summed E-state index contributed by atoms with van der Waals surface area (Å²) in [4.78, 5) is 9.22. The van der Waals surface area contributed by atoms with Gasteiger partial charge >= 0.3 is 0 Å². The molecule has 1 aromatic carbocycles. The molecule has 14 heavy (non-hydrogen) atoms. The fraction of sp³-hybridized carbons (Fsp3) is 0.143. The molecule has 0 heterocycles. The third-order valence-electron chi connectivity index (χ3n) is 1.44. The summed E-state index contributed by atoms with van der Waals surface area (Å²) in [5, 5.41) is 9.96. The Morgan fingerprint density at radius 1 is 1.29 bits per heavy atom. The van der Waals surface area contributed by atoms with Gasteiger partial charge in [-0.1, -0.05) is 18.2 Å². The molecule has 0 aliphatic heterocycles. The number of nitrogens with zero attached hydrogens (tertiary/aromatic N) is 1. The molecule has 0 aliphatic carbocycles. The molecule has 0 radical (unpaired) electrons. The van der Waals surface area contributed by atoms with Gasteiger partial charge in [-0.25, -0.2) is 8.42 Å². The molecule has 0 fully saturated rings. The predicted octanol–water partition coefficient (Wildman–Crippen LogP) is 0.199. The van der Waals surface area contributed by atoms with Crippen molar-refractivity contribution in [3.63, 3.8) is 0 Å². The number of hydrogen-bond donors (Lipinski definition) is 1. The molecule has 0 unspecified atom stereocenters. The molecule has 7 heteroatoms. The van der Waals surface area contributed by atoms with Crippen LogP contribution in [-0.2, 0) is 10.0 Å². The van der Waals surface area contributed by atoms with Gasteiger partial charge in [-0.15, -0.1) is 4.72 Å². The number of sulfonamides is 1. The van der Waals surface area contributed by atoms with Gasteiger partial charge in [0.1, 0.15) is 0 Å². The zero-order valence-corrected chi connectivity index (χ0v) is 7.90. The lowest BCUT2D eigenvalue weighted by Gasteiger charge is -2.01. The van der Waals surface area contributed by atoms with Crippen molar-refractivity contribution in [3.05, 3.63) is 40.4 Å². The van der Waals surface area contributed by atoms with E-state index in [1.54, 1.807) is 18.2 Å². The van der Waals surface area contributed by atoms with Gasteiger partial charge < -0.3 is 0 Å². The molecule has 0 aliphatic rings. The van der Waals surface area contributed by atoms with Gasteiger partial charge in [-0.2, -0.15) is 0 Å². The van der Waals surface area contributed by atoms with E-state index in [4.69, 9.17) is 0 Å². The fourth-order valence-corrected chi connectivity index (χ4v) is 1.78. The Balaban J connectivity index is 2.82. The average Bonchev–Trinajstić information content (AvgIpc) is 2.16. The summed E-state index contributed by atoms with van der Waals surface area (Å²) in [7, 11) is -3.75. The van der Waals surface area contributed by atoms with E-state index in [1.165, 1.54) is 12.1 Å². The van der Waals surface area contributed by atoms with Crippen LogP contribution in [0.4, 0.5) is 0 Å². The Morgan fingerprint density at radius 2 is 1.86 bits per heavy atom. The van der Waals surface area contributed by atoms with E-state index in [0.29, 0.717) is 0 Å². The zero-order chi connectivity index (χ0) is 10.6. The van der Waals surface area contributed by atoms with Crippen molar-refractivity contribution in [3.8, 4) is 0 Å². The van der Waals surface area contributed by atoms with E-state index in [2.05, 4.69) is 0 Å². The summed E-state index contributed by atoms with van der Waals surface area (Å²) in [5.74, 6) is 0. The molecule has 0 saturated carbocycles. The van der Waals surface area contributed by atoms with Crippen LogP contribution in [0.15, 0.2) is 35.2 Å². The lowest BCUT2D eigenvalue weighted by Crippen LogP contribution is -2.28. The number of nitrogens with one attached hydrogen (secondary N) is 1. The Kier molecular flexibility index (Phi) is 3.15. The van der Waals surface area contributed by atoms with Gasteiger partial charge in [-0.3, -0.25) is 10.1 Å². The first-order valence-electron chi connectivity index (χ1n) is 3.69. The number of benzene rings is 1. The van der Waals surface area contributed by atoms with E-state index in [0.717, 1.165) is 0 Å². The van der Waals surface area contributed by atoms with Crippen molar-refractivity contribution < 1.29 is 13.3 Å². The maximum Gasteiger partial charge on any atom is 0.269 e. The second-order valence-corrected chi connectivity index (χ2v) is 4.22. The van der Waals surface area contributed by atoms with Gasteiger partial charge in [0.25, 0.3) is 6.67 Å². The van der Waals surface area contributed by atoms with Crippen molar-refractivity contribution in [1.29, 1.82) is 0 Å². The molecule has 0 aromatic heterocycles.